The molecule has 0 saturated carbocycles. The van der Waals surface area contributed by atoms with Gasteiger partial charge < -0.3 is 10.0 Å². The average Bonchev–Trinajstić information content (AvgIpc) is 2.65. The number of carbonyl (C=O) groups excluding carboxylic acids is 1. The van der Waals surface area contributed by atoms with E-state index in [4.69, 9.17) is 0 Å². The molecule has 1 amide bonds. The molecule has 0 radical (unpaired) electrons. The number of aliphatic hydroxyl groups excluding tert-OH is 1. The van der Waals surface area contributed by atoms with Gasteiger partial charge in [-0.05, 0) is 42.5 Å². The number of amides is 1. The first-order chi connectivity index (χ1) is 13.8. The minimum absolute atomic E-state index is 0.0337. The molecule has 6 nitrogen and oxygen atoms in total. The van der Waals surface area contributed by atoms with Crippen molar-refractivity contribution in [1.82, 2.24) is 9.62 Å². The van der Waals surface area contributed by atoms with Gasteiger partial charge >= 0.3 is 0 Å². The van der Waals surface area contributed by atoms with Gasteiger partial charge in [0.15, 0.2) is 0 Å². The fraction of sp³-hybridized carbons (Fsp3) is 0.435. The van der Waals surface area contributed by atoms with Gasteiger partial charge in [0, 0.05) is 13.6 Å². The van der Waals surface area contributed by atoms with Crippen molar-refractivity contribution in [1.29, 1.82) is 0 Å². The van der Waals surface area contributed by atoms with Gasteiger partial charge in [0.1, 0.15) is 6.04 Å². The van der Waals surface area contributed by atoms with Gasteiger partial charge in [-0.15, -0.1) is 0 Å². The van der Waals surface area contributed by atoms with Crippen LogP contribution < -0.4 is 4.72 Å². The molecule has 0 bridgehead atoms. The van der Waals surface area contributed by atoms with E-state index < -0.39 is 28.1 Å². The van der Waals surface area contributed by atoms with Crippen LogP contribution in [-0.2, 0) is 26.8 Å². The molecular formula is C23H32N2O4S. The number of carbonyl (C=O) groups is 1. The van der Waals surface area contributed by atoms with Crippen LogP contribution in [0.2, 0.25) is 0 Å². The molecule has 2 aromatic carbocycles. The summed E-state index contributed by atoms with van der Waals surface area (Å²) in [5.74, 6) is -0.499. The molecule has 7 heteroatoms. The lowest BCUT2D eigenvalue weighted by Gasteiger charge is -2.26. The Morgan fingerprint density at radius 2 is 1.60 bits per heavy atom. The number of nitrogens with zero attached hydrogens (tertiary/aromatic N) is 1. The van der Waals surface area contributed by atoms with E-state index in [2.05, 4.69) is 25.5 Å². The fourth-order valence-corrected chi connectivity index (χ4v) is 4.27. The van der Waals surface area contributed by atoms with E-state index in [0.29, 0.717) is 6.54 Å². The van der Waals surface area contributed by atoms with Crippen molar-refractivity contribution in [3.8, 4) is 0 Å². The minimum atomic E-state index is -3.95. The van der Waals surface area contributed by atoms with Crippen molar-refractivity contribution < 1.29 is 18.3 Å². The molecule has 30 heavy (non-hydrogen) atoms. The van der Waals surface area contributed by atoms with Crippen molar-refractivity contribution in [2.24, 2.45) is 0 Å². The molecule has 0 aliphatic rings. The van der Waals surface area contributed by atoms with E-state index in [0.717, 1.165) is 11.1 Å². The summed E-state index contributed by atoms with van der Waals surface area (Å²) in [4.78, 5) is 14.4. The van der Waals surface area contributed by atoms with Crippen LogP contribution in [0.3, 0.4) is 0 Å². The first-order valence-electron chi connectivity index (χ1n) is 9.93. The Kier molecular flexibility index (Phi) is 7.45. The zero-order valence-electron chi connectivity index (χ0n) is 18.5. The molecule has 0 aliphatic heterocycles. The molecule has 2 atom stereocenters. The lowest BCUT2D eigenvalue weighted by Crippen LogP contribution is -2.52. The monoisotopic (exact) mass is 432 g/mol. The van der Waals surface area contributed by atoms with Crippen molar-refractivity contribution >= 4 is 15.9 Å². The molecule has 2 N–H and O–H groups in total. The van der Waals surface area contributed by atoms with E-state index >= 15 is 0 Å². The first-order valence-corrected chi connectivity index (χ1v) is 11.4. The van der Waals surface area contributed by atoms with Gasteiger partial charge in [-0.25, -0.2) is 8.42 Å². The quantitative estimate of drug-likeness (QED) is 0.704. The number of nitrogens with one attached hydrogen (secondary N) is 1. The van der Waals surface area contributed by atoms with Crippen LogP contribution in [-0.4, -0.2) is 43.5 Å². The van der Waals surface area contributed by atoms with E-state index in [9.17, 15) is 18.3 Å². The number of likely N-dealkylation sites (N-methyl/N-ethyl adjacent to an activating group) is 1. The molecule has 0 saturated heterocycles. The number of hydrogen-bond donors (Lipinski definition) is 2. The molecular weight excluding hydrogens is 400 g/mol. The smallest absolute Gasteiger partial charge is 0.243 e. The lowest BCUT2D eigenvalue weighted by atomic mass is 9.87. The number of hydrogen-bond acceptors (Lipinski definition) is 4. The fourth-order valence-electron chi connectivity index (χ4n) is 3.01. The zero-order chi connectivity index (χ0) is 22.7. The van der Waals surface area contributed by atoms with Crippen LogP contribution in [0.25, 0.3) is 0 Å². The van der Waals surface area contributed by atoms with Gasteiger partial charge in [0.05, 0.1) is 11.0 Å². The molecule has 0 aromatic heterocycles. The Labute approximate surface area is 180 Å². The first kappa shape index (κ1) is 24.1. The maximum absolute atomic E-state index is 12.9. The van der Waals surface area contributed by atoms with Crippen molar-refractivity contribution in [3.63, 3.8) is 0 Å². The third-order valence-electron chi connectivity index (χ3n) is 4.98. The molecule has 0 unspecified atom stereocenters. The maximum Gasteiger partial charge on any atom is 0.243 e. The number of aliphatic hydroxyl groups is 1. The van der Waals surface area contributed by atoms with Crippen LogP contribution in [0, 0.1) is 6.92 Å². The van der Waals surface area contributed by atoms with Crippen LogP contribution in [0.15, 0.2) is 53.4 Å². The molecule has 164 valence electrons. The van der Waals surface area contributed by atoms with Crippen molar-refractivity contribution in [2.45, 2.75) is 63.6 Å². The Hall–Kier alpha value is -2.22. The maximum atomic E-state index is 12.9. The number of aryl methyl sites for hydroxylation is 1. The predicted octanol–water partition coefficient (Wildman–Crippen LogP) is 2.98. The summed E-state index contributed by atoms with van der Waals surface area (Å²) in [5.41, 5.74) is 3.07. The minimum Gasteiger partial charge on any atom is -0.391 e. The largest absolute Gasteiger partial charge is 0.391 e. The topological polar surface area (TPSA) is 86.7 Å². The molecule has 2 rings (SSSR count). The van der Waals surface area contributed by atoms with Crippen LogP contribution in [0.5, 0.6) is 0 Å². The van der Waals surface area contributed by atoms with Gasteiger partial charge in [-0.3, -0.25) is 4.79 Å². The zero-order valence-corrected chi connectivity index (χ0v) is 19.3. The average molecular weight is 433 g/mol. The van der Waals surface area contributed by atoms with E-state index in [1.54, 1.807) is 19.2 Å². The highest BCUT2D eigenvalue weighted by Crippen LogP contribution is 2.22. The second-order valence-electron chi connectivity index (χ2n) is 8.79. The highest BCUT2D eigenvalue weighted by molar-refractivity contribution is 7.89. The third-order valence-corrected chi connectivity index (χ3v) is 6.43. The summed E-state index contributed by atoms with van der Waals surface area (Å²) in [6.07, 6.45) is -1.19. The van der Waals surface area contributed by atoms with E-state index in [-0.39, 0.29) is 10.3 Å². The van der Waals surface area contributed by atoms with E-state index in [1.807, 2.05) is 31.2 Å². The van der Waals surface area contributed by atoms with Gasteiger partial charge in [-0.2, -0.15) is 4.72 Å². The molecule has 0 aliphatic carbocycles. The van der Waals surface area contributed by atoms with E-state index in [1.165, 1.54) is 29.5 Å². The summed E-state index contributed by atoms with van der Waals surface area (Å²) >= 11 is 0. The summed E-state index contributed by atoms with van der Waals surface area (Å²) in [6.45, 7) is 9.95. The summed E-state index contributed by atoms with van der Waals surface area (Å²) < 4.78 is 27.7. The Morgan fingerprint density at radius 1 is 1.07 bits per heavy atom. The number of benzene rings is 2. The molecule has 0 fully saturated rings. The number of rotatable bonds is 7. The highest BCUT2D eigenvalue weighted by Gasteiger charge is 2.31. The lowest BCUT2D eigenvalue weighted by molar-refractivity contribution is -0.134. The van der Waals surface area contributed by atoms with Crippen LogP contribution >= 0.6 is 0 Å². The van der Waals surface area contributed by atoms with Crippen LogP contribution in [0.1, 0.15) is 44.4 Å². The van der Waals surface area contributed by atoms with Gasteiger partial charge in [-0.1, -0.05) is 62.7 Å². The van der Waals surface area contributed by atoms with Crippen molar-refractivity contribution in [3.05, 3.63) is 65.2 Å². The summed E-state index contributed by atoms with van der Waals surface area (Å²) in [6, 6.07) is 13.0. The normalized spacial score (nSPS) is 14.2. The Balaban J connectivity index is 2.15. The second-order valence-corrected chi connectivity index (χ2v) is 10.5. The second kappa shape index (κ2) is 9.29. The molecule has 2 aromatic rings. The summed E-state index contributed by atoms with van der Waals surface area (Å²) in [7, 11) is -2.36. The number of sulfonamides is 1. The third kappa shape index (κ3) is 6.14. The van der Waals surface area contributed by atoms with Gasteiger partial charge in [0.25, 0.3) is 0 Å². The van der Waals surface area contributed by atoms with Crippen molar-refractivity contribution in [2.75, 3.05) is 7.05 Å². The highest BCUT2D eigenvalue weighted by atomic mass is 32.2. The SMILES string of the molecule is Cc1ccc(S(=O)(=O)N[C@H](C(=O)N(C)Cc2ccc(C(C)(C)C)cc2)[C@H](C)O)cc1. The Morgan fingerprint density at radius 3 is 2.07 bits per heavy atom. The Bertz CT molecular complexity index is 960. The molecule has 0 heterocycles. The molecule has 0 spiro atoms. The summed E-state index contributed by atoms with van der Waals surface area (Å²) in [5, 5.41) is 10.1. The van der Waals surface area contributed by atoms with Crippen LogP contribution in [0.4, 0.5) is 0 Å². The standard InChI is InChI=1S/C23H32N2O4S/c1-16-7-13-20(14-8-16)30(28,29)24-21(17(2)26)22(27)25(6)15-18-9-11-19(12-10-18)23(3,4)5/h7-14,17,21,24,26H,15H2,1-6H3/t17-,21-/m0/s1. The predicted molar refractivity (Wildman–Crippen MR) is 119 cm³/mol. The van der Waals surface area contributed by atoms with Gasteiger partial charge in [0.2, 0.25) is 15.9 Å².